The number of hydrogen-bond donors (Lipinski definition) is 2. The van der Waals surface area contributed by atoms with Gasteiger partial charge in [0, 0.05) is 26.2 Å². The van der Waals surface area contributed by atoms with Gasteiger partial charge in [-0.3, -0.25) is 4.79 Å². The lowest BCUT2D eigenvalue weighted by Gasteiger charge is -2.31. The van der Waals surface area contributed by atoms with Gasteiger partial charge in [-0.25, -0.2) is 12.7 Å². The summed E-state index contributed by atoms with van der Waals surface area (Å²) in [7, 11) is -3.36. The van der Waals surface area contributed by atoms with Gasteiger partial charge in [0.1, 0.15) is 0 Å². The fraction of sp³-hybridized carbons (Fsp3) is 0.923. The Labute approximate surface area is 127 Å². The van der Waals surface area contributed by atoms with Crippen LogP contribution in [-0.2, 0) is 19.6 Å². The molecule has 0 aromatic carbocycles. The number of ether oxygens (including phenoxy) is 1. The number of amides is 1. The summed E-state index contributed by atoms with van der Waals surface area (Å²) in [6.07, 6.45) is 1.42. The molecule has 0 spiro atoms. The Kier molecular flexibility index (Phi) is 7.58. The normalized spacial score (nSPS) is 20.7. The third-order valence-corrected chi connectivity index (χ3v) is 5.19. The van der Waals surface area contributed by atoms with Crippen molar-refractivity contribution in [1.29, 1.82) is 0 Å². The second-order valence-corrected chi connectivity index (χ2v) is 7.60. The fourth-order valence-corrected chi connectivity index (χ4v) is 3.65. The molecule has 1 fully saturated rings. The van der Waals surface area contributed by atoms with Crippen molar-refractivity contribution < 1.29 is 17.9 Å². The zero-order valence-corrected chi connectivity index (χ0v) is 13.7. The molecule has 8 heteroatoms. The minimum atomic E-state index is -3.36. The molecule has 0 aliphatic carbocycles. The highest BCUT2D eigenvalue weighted by Crippen LogP contribution is 2.19. The Bertz CT molecular complexity index is 425. The molecule has 0 aromatic heterocycles. The first kappa shape index (κ1) is 18.3. The SMILES string of the molecule is CC(C)OCCS(=O)(=O)N1CCCC(C(=O)NCCN)C1. The van der Waals surface area contributed by atoms with Gasteiger partial charge in [0.2, 0.25) is 15.9 Å². The molecule has 0 bridgehead atoms. The van der Waals surface area contributed by atoms with Crippen LogP contribution < -0.4 is 11.1 Å². The summed E-state index contributed by atoms with van der Waals surface area (Å²) in [6.45, 7) is 5.44. The smallest absolute Gasteiger partial charge is 0.224 e. The monoisotopic (exact) mass is 321 g/mol. The molecule has 7 nitrogen and oxygen atoms in total. The molecular formula is C13H27N3O4S. The van der Waals surface area contributed by atoms with Crippen LogP contribution in [0.3, 0.4) is 0 Å². The zero-order valence-electron chi connectivity index (χ0n) is 12.9. The summed E-state index contributed by atoms with van der Waals surface area (Å²) in [5, 5.41) is 2.72. The molecule has 1 aliphatic rings. The van der Waals surface area contributed by atoms with Crippen molar-refractivity contribution in [3.8, 4) is 0 Å². The summed E-state index contributed by atoms with van der Waals surface area (Å²) >= 11 is 0. The van der Waals surface area contributed by atoms with E-state index in [0.717, 1.165) is 0 Å². The van der Waals surface area contributed by atoms with E-state index in [1.165, 1.54) is 4.31 Å². The Hall–Kier alpha value is -0.700. The topological polar surface area (TPSA) is 102 Å². The minimum absolute atomic E-state index is 0.0105. The Morgan fingerprint density at radius 1 is 1.48 bits per heavy atom. The van der Waals surface area contributed by atoms with Crippen LogP contribution in [-0.4, -0.2) is 63.3 Å². The molecule has 1 amide bonds. The molecular weight excluding hydrogens is 294 g/mol. The molecule has 0 aromatic rings. The Balaban J connectivity index is 2.52. The van der Waals surface area contributed by atoms with Gasteiger partial charge in [-0.2, -0.15) is 0 Å². The van der Waals surface area contributed by atoms with E-state index < -0.39 is 10.0 Å². The van der Waals surface area contributed by atoms with E-state index in [9.17, 15) is 13.2 Å². The highest BCUT2D eigenvalue weighted by molar-refractivity contribution is 7.89. The van der Waals surface area contributed by atoms with E-state index in [2.05, 4.69) is 5.32 Å². The van der Waals surface area contributed by atoms with Gasteiger partial charge in [0.05, 0.1) is 24.4 Å². The number of carbonyl (C=O) groups excluding carboxylic acids is 1. The first-order valence-corrected chi connectivity index (χ1v) is 9.05. The van der Waals surface area contributed by atoms with Crippen LogP contribution in [0.25, 0.3) is 0 Å². The predicted molar refractivity (Wildman–Crippen MR) is 81.2 cm³/mol. The lowest BCUT2D eigenvalue weighted by atomic mass is 9.99. The second kappa shape index (κ2) is 8.67. The van der Waals surface area contributed by atoms with Gasteiger partial charge in [-0.1, -0.05) is 0 Å². The van der Waals surface area contributed by atoms with Crippen molar-refractivity contribution >= 4 is 15.9 Å². The average Bonchev–Trinajstić information content (AvgIpc) is 2.44. The van der Waals surface area contributed by atoms with Crippen molar-refractivity contribution in [2.45, 2.75) is 32.8 Å². The van der Waals surface area contributed by atoms with Gasteiger partial charge in [-0.05, 0) is 26.7 Å². The number of nitrogens with two attached hydrogens (primary N) is 1. The van der Waals surface area contributed by atoms with Gasteiger partial charge >= 0.3 is 0 Å². The van der Waals surface area contributed by atoms with E-state index in [1.54, 1.807) is 0 Å². The molecule has 1 rings (SSSR count). The molecule has 124 valence electrons. The summed E-state index contributed by atoms with van der Waals surface area (Å²) in [6, 6.07) is 0. The number of piperidine rings is 1. The minimum Gasteiger partial charge on any atom is -0.378 e. The van der Waals surface area contributed by atoms with Crippen LogP contribution in [0.5, 0.6) is 0 Å². The van der Waals surface area contributed by atoms with Crippen LogP contribution in [0.1, 0.15) is 26.7 Å². The predicted octanol–water partition coefficient (Wildman–Crippen LogP) is -0.472. The van der Waals surface area contributed by atoms with Gasteiger partial charge in [0.25, 0.3) is 0 Å². The molecule has 1 aliphatic heterocycles. The first-order chi connectivity index (χ1) is 9.86. The largest absolute Gasteiger partial charge is 0.378 e. The van der Waals surface area contributed by atoms with Crippen molar-refractivity contribution in [2.24, 2.45) is 11.7 Å². The molecule has 3 N–H and O–H groups in total. The summed E-state index contributed by atoms with van der Waals surface area (Å²) in [5.41, 5.74) is 5.35. The van der Waals surface area contributed by atoms with E-state index in [0.29, 0.717) is 32.5 Å². The zero-order chi connectivity index (χ0) is 15.9. The maximum atomic E-state index is 12.2. The van der Waals surface area contributed by atoms with Crippen LogP contribution >= 0.6 is 0 Å². The summed E-state index contributed by atoms with van der Waals surface area (Å²) in [5.74, 6) is -0.438. The van der Waals surface area contributed by atoms with Crippen LogP contribution in [0.15, 0.2) is 0 Å². The standard InChI is InChI=1S/C13H27N3O4S/c1-11(2)20-8-9-21(18,19)16-7-3-4-12(10-16)13(17)15-6-5-14/h11-12H,3-10,14H2,1-2H3,(H,15,17). The van der Waals surface area contributed by atoms with Crippen LogP contribution in [0, 0.1) is 5.92 Å². The number of nitrogens with zero attached hydrogens (tertiary/aromatic N) is 1. The maximum absolute atomic E-state index is 12.2. The number of rotatable bonds is 8. The number of sulfonamides is 1. The quantitative estimate of drug-likeness (QED) is 0.629. The Morgan fingerprint density at radius 3 is 2.81 bits per heavy atom. The molecule has 1 unspecified atom stereocenters. The van der Waals surface area contributed by atoms with Crippen molar-refractivity contribution in [3.05, 3.63) is 0 Å². The molecule has 0 radical (unpaired) electrons. The molecule has 21 heavy (non-hydrogen) atoms. The van der Waals surface area contributed by atoms with Crippen LogP contribution in [0.4, 0.5) is 0 Å². The summed E-state index contributed by atoms with van der Waals surface area (Å²) < 4.78 is 31.2. The number of carbonyl (C=O) groups is 1. The lowest BCUT2D eigenvalue weighted by molar-refractivity contribution is -0.126. The van der Waals surface area contributed by atoms with E-state index in [1.807, 2.05) is 13.8 Å². The fourth-order valence-electron chi connectivity index (χ4n) is 2.27. The Morgan fingerprint density at radius 2 is 2.19 bits per heavy atom. The number of nitrogens with one attached hydrogen (secondary N) is 1. The van der Waals surface area contributed by atoms with Crippen molar-refractivity contribution in [2.75, 3.05) is 38.5 Å². The van der Waals surface area contributed by atoms with Gasteiger partial charge < -0.3 is 15.8 Å². The first-order valence-electron chi connectivity index (χ1n) is 7.44. The highest BCUT2D eigenvalue weighted by atomic mass is 32.2. The second-order valence-electron chi connectivity index (χ2n) is 5.51. The van der Waals surface area contributed by atoms with E-state index >= 15 is 0 Å². The van der Waals surface area contributed by atoms with Gasteiger partial charge in [0.15, 0.2) is 0 Å². The average molecular weight is 321 g/mol. The lowest BCUT2D eigenvalue weighted by Crippen LogP contribution is -2.47. The summed E-state index contributed by atoms with van der Waals surface area (Å²) in [4.78, 5) is 11.9. The number of hydrogen-bond acceptors (Lipinski definition) is 5. The highest BCUT2D eigenvalue weighted by Gasteiger charge is 2.31. The molecule has 0 saturated carbocycles. The maximum Gasteiger partial charge on any atom is 0.224 e. The van der Waals surface area contributed by atoms with Crippen molar-refractivity contribution in [1.82, 2.24) is 9.62 Å². The molecule has 1 saturated heterocycles. The molecule has 1 atom stereocenters. The van der Waals surface area contributed by atoms with E-state index in [-0.39, 0.29) is 36.8 Å². The van der Waals surface area contributed by atoms with E-state index in [4.69, 9.17) is 10.5 Å². The van der Waals surface area contributed by atoms with Crippen LogP contribution in [0.2, 0.25) is 0 Å². The molecule has 1 heterocycles. The van der Waals surface area contributed by atoms with Gasteiger partial charge in [-0.15, -0.1) is 0 Å². The third kappa shape index (κ3) is 6.29. The third-order valence-electron chi connectivity index (χ3n) is 3.38. The van der Waals surface area contributed by atoms with Crippen molar-refractivity contribution in [3.63, 3.8) is 0 Å².